The van der Waals surface area contributed by atoms with Crippen molar-refractivity contribution in [3.05, 3.63) is 58.1 Å². The van der Waals surface area contributed by atoms with E-state index >= 15 is 0 Å². The predicted molar refractivity (Wildman–Crippen MR) is 103 cm³/mol. The van der Waals surface area contributed by atoms with Gasteiger partial charge in [-0.25, -0.2) is 8.42 Å². The van der Waals surface area contributed by atoms with Crippen molar-refractivity contribution >= 4 is 27.3 Å². The molecule has 0 unspecified atom stereocenters. The van der Waals surface area contributed by atoms with Crippen molar-refractivity contribution in [3.8, 4) is 0 Å². The second kappa shape index (κ2) is 6.98. The third-order valence-corrected chi connectivity index (χ3v) is 7.08. The zero-order valence-corrected chi connectivity index (χ0v) is 16.4. The summed E-state index contributed by atoms with van der Waals surface area (Å²) in [6, 6.07) is 11.2. The van der Waals surface area contributed by atoms with Crippen LogP contribution in [0.5, 0.6) is 0 Å². The highest BCUT2D eigenvalue weighted by atomic mass is 35.5. The Labute approximate surface area is 155 Å². The van der Waals surface area contributed by atoms with E-state index in [1.807, 2.05) is 6.92 Å². The van der Waals surface area contributed by atoms with Gasteiger partial charge in [0.25, 0.3) is 0 Å². The minimum atomic E-state index is -3.50. The summed E-state index contributed by atoms with van der Waals surface area (Å²) in [5, 5.41) is 0.482. The van der Waals surface area contributed by atoms with E-state index < -0.39 is 10.0 Å². The Morgan fingerprint density at radius 1 is 0.880 bits per heavy atom. The molecule has 1 heterocycles. The second-order valence-electron chi connectivity index (χ2n) is 6.54. The van der Waals surface area contributed by atoms with Gasteiger partial charge in [-0.3, -0.25) is 0 Å². The maximum atomic E-state index is 12.9. The van der Waals surface area contributed by atoms with Crippen LogP contribution in [-0.4, -0.2) is 38.9 Å². The molecule has 1 aliphatic heterocycles. The van der Waals surface area contributed by atoms with E-state index in [-0.39, 0.29) is 4.90 Å². The number of aryl methyl sites for hydroxylation is 3. The molecule has 0 aromatic heterocycles. The van der Waals surface area contributed by atoms with Crippen LogP contribution in [0.15, 0.2) is 41.3 Å². The first kappa shape index (κ1) is 18.2. The summed E-state index contributed by atoms with van der Waals surface area (Å²) in [7, 11) is -3.50. The fourth-order valence-corrected chi connectivity index (χ4v) is 5.03. The molecule has 0 amide bonds. The molecular weight excluding hydrogens is 356 g/mol. The summed E-state index contributed by atoms with van der Waals surface area (Å²) in [4.78, 5) is 2.54. The Kier molecular flexibility index (Phi) is 5.09. The molecule has 4 nitrogen and oxygen atoms in total. The van der Waals surface area contributed by atoms with Crippen LogP contribution in [0, 0.1) is 20.8 Å². The summed E-state index contributed by atoms with van der Waals surface area (Å²) in [5.74, 6) is 0. The zero-order valence-electron chi connectivity index (χ0n) is 14.8. The Morgan fingerprint density at radius 3 is 2.04 bits per heavy atom. The summed E-state index contributed by atoms with van der Waals surface area (Å²) < 4.78 is 27.3. The van der Waals surface area contributed by atoms with Gasteiger partial charge in [0.15, 0.2) is 0 Å². The predicted octanol–water partition coefficient (Wildman–Crippen LogP) is 3.78. The van der Waals surface area contributed by atoms with E-state index in [1.165, 1.54) is 16.8 Å². The molecule has 1 fully saturated rings. The minimum Gasteiger partial charge on any atom is -0.368 e. The molecule has 1 aliphatic rings. The molecule has 0 aliphatic carbocycles. The number of piperazine rings is 1. The van der Waals surface area contributed by atoms with E-state index in [2.05, 4.69) is 36.9 Å². The van der Waals surface area contributed by atoms with Crippen LogP contribution in [0.2, 0.25) is 5.02 Å². The van der Waals surface area contributed by atoms with E-state index in [1.54, 1.807) is 22.5 Å². The Morgan fingerprint density at radius 2 is 1.48 bits per heavy atom. The fourth-order valence-electron chi connectivity index (χ4n) is 3.34. The molecule has 0 radical (unpaired) electrons. The van der Waals surface area contributed by atoms with Crippen LogP contribution in [0.4, 0.5) is 5.69 Å². The van der Waals surface area contributed by atoms with E-state index in [9.17, 15) is 8.42 Å². The van der Waals surface area contributed by atoms with Gasteiger partial charge in [0.2, 0.25) is 10.0 Å². The molecule has 2 aromatic rings. The molecule has 3 rings (SSSR count). The van der Waals surface area contributed by atoms with Crippen LogP contribution >= 0.6 is 11.6 Å². The van der Waals surface area contributed by atoms with Crippen molar-refractivity contribution in [2.24, 2.45) is 0 Å². The largest absolute Gasteiger partial charge is 0.368 e. The number of anilines is 1. The first-order chi connectivity index (χ1) is 11.8. The third-order valence-electron chi connectivity index (χ3n) is 4.78. The third kappa shape index (κ3) is 3.54. The monoisotopic (exact) mass is 378 g/mol. The highest BCUT2D eigenvalue weighted by molar-refractivity contribution is 7.89. The number of rotatable bonds is 3. The van der Waals surface area contributed by atoms with Gasteiger partial charge in [0.1, 0.15) is 0 Å². The van der Waals surface area contributed by atoms with Crippen LogP contribution in [-0.2, 0) is 10.0 Å². The van der Waals surface area contributed by atoms with Crippen molar-refractivity contribution in [1.82, 2.24) is 4.31 Å². The summed E-state index contributed by atoms with van der Waals surface area (Å²) in [5.41, 5.74) is 4.54. The highest BCUT2D eigenvalue weighted by Gasteiger charge is 2.29. The maximum Gasteiger partial charge on any atom is 0.243 e. The van der Waals surface area contributed by atoms with E-state index in [0.717, 1.165) is 5.56 Å². The number of nitrogens with zero attached hydrogens (tertiary/aromatic N) is 2. The van der Waals surface area contributed by atoms with E-state index in [0.29, 0.717) is 31.2 Å². The SMILES string of the molecule is Cc1ccc(S(=O)(=O)N2CCN(c3c(C)cccc3C)CC2)cc1Cl. The molecule has 0 saturated carbocycles. The quantitative estimate of drug-likeness (QED) is 0.816. The normalized spacial score (nSPS) is 16.2. The van der Waals surface area contributed by atoms with Gasteiger partial charge in [-0.05, 0) is 49.6 Å². The topological polar surface area (TPSA) is 40.6 Å². The highest BCUT2D eigenvalue weighted by Crippen LogP contribution is 2.28. The number of hydrogen-bond donors (Lipinski definition) is 0. The molecule has 0 N–H and O–H groups in total. The Bertz CT molecular complexity index is 868. The molecule has 2 aromatic carbocycles. The van der Waals surface area contributed by atoms with Gasteiger partial charge >= 0.3 is 0 Å². The van der Waals surface area contributed by atoms with Crippen molar-refractivity contribution < 1.29 is 8.42 Å². The molecule has 1 saturated heterocycles. The standard InChI is InChI=1S/C19H23ClN2O2S/c1-14-7-8-17(13-18(14)20)25(23,24)22-11-9-21(10-12-22)19-15(2)5-4-6-16(19)3/h4-8,13H,9-12H2,1-3H3. The molecule has 0 bridgehead atoms. The Balaban J connectivity index is 1.78. The molecular formula is C19H23ClN2O2S. The lowest BCUT2D eigenvalue weighted by Crippen LogP contribution is -2.49. The maximum absolute atomic E-state index is 12.9. The smallest absolute Gasteiger partial charge is 0.243 e. The number of halogens is 1. The van der Waals surface area contributed by atoms with Crippen molar-refractivity contribution in [3.63, 3.8) is 0 Å². The first-order valence-corrected chi connectivity index (χ1v) is 10.2. The zero-order chi connectivity index (χ0) is 18.2. The van der Waals surface area contributed by atoms with Crippen LogP contribution in [0.3, 0.4) is 0 Å². The molecule has 6 heteroatoms. The van der Waals surface area contributed by atoms with Gasteiger partial charge in [0, 0.05) is 36.9 Å². The summed E-state index contributed by atoms with van der Waals surface area (Å²) in [6.45, 7) is 8.37. The molecule has 25 heavy (non-hydrogen) atoms. The number of para-hydroxylation sites is 1. The van der Waals surface area contributed by atoms with Gasteiger partial charge in [-0.1, -0.05) is 35.9 Å². The van der Waals surface area contributed by atoms with Gasteiger partial charge in [0.05, 0.1) is 4.90 Å². The lowest BCUT2D eigenvalue weighted by Gasteiger charge is -2.37. The molecule has 0 spiro atoms. The first-order valence-electron chi connectivity index (χ1n) is 8.38. The average Bonchev–Trinajstić information content (AvgIpc) is 2.57. The van der Waals surface area contributed by atoms with Gasteiger partial charge < -0.3 is 4.90 Å². The molecule has 0 atom stereocenters. The average molecular weight is 379 g/mol. The van der Waals surface area contributed by atoms with E-state index in [4.69, 9.17) is 11.6 Å². The second-order valence-corrected chi connectivity index (χ2v) is 8.89. The van der Waals surface area contributed by atoms with Crippen molar-refractivity contribution in [1.29, 1.82) is 0 Å². The van der Waals surface area contributed by atoms with Crippen molar-refractivity contribution in [2.75, 3.05) is 31.1 Å². The number of hydrogen-bond acceptors (Lipinski definition) is 3. The van der Waals surface area contributed by atoms with Gasteiger partial charge in [-0.15, -0.1) is 0 Å². The van der Waals surface area contributed by atoms with Gasteiger partial charge in [-0.2, -0.15) is 4.31 Å². The summed E-state index contributed by atoms with van der Waals surface area (Å²) in [6.07, 6.45) is 0. The summed E-state index contributed by atoms with van der Waals surface area (Å²) >= 11 is 6.11. The number of benzene rings is 2. The number of sulfonamides is 1. The van der Waals surface area contributed by atoms with Crippen molar-refractivity contribution in [2.45, 2.75) is 25.7 Å². The van der Waals surface area contributed by atoms with Crippen LogP contribution < -0.4 is 4.90 Å². The molecule has 134 valence electrons. The lowest BCUT2D eigenvalue weighted by atomic mass is 10.1. The van der Waals surface area contributed by atoms with Crippen LogP contribution in [0.1, 0.15) is 16.7 Å². The van der Waals surface area contributed by atoms with Crippen LogP contribution in [0.25, 0.3) is 0 Å². The minimum absolute atomic E-state index is 0.267. The fraction of sp³-hybridized carbons (Fsp3) is 0.368. The lowest BCUT2D eigenvalue weighted by molar-refractivity contribution is 0.384. The Hall–Kier alpha value is -1.56.